The van der Waals surface area contributed by atoms with Crippen LogP contribution < -0.4 is 5.73 Å². The molecule has 0 bridgehead atoms. The molecule has 0 aliphatic carbocycles. The molecule has 0 saturated carbocycles. The molecule has 16 heavy (non-hydrogen) atoms. The van der Waals surface area contributed by atoms with Crippen molar-refractivity contribution in [3.8, 4) is 0 Å². The first-order valence-electron chi connectivity index (χ1n) is 5.38. The van der Waals surface area contributed by atoms with E-state index < -0.39 is 5.60 Å². The molecule has 6 heteroatoms. The van der Waals surface area contributed by atoms with E-state index in [4.69, 9.17) is 5.73 Å². The van der Waals surface area contributed by atoms with Gasteiger partial charge in [0.15, 0.2) is 4.34 Å². The first kappa shape index (κ1) is 13.9. The van der Waals surface area contributed by atoms with Crippen molar-refractivity contribution < 1.29 is 5.11 Å². The summed E-state index contributed by atoms with van der Waals surface area (Å²) < 4.78 is 5.20. The second-order valence-corrected chi connectivity index (χ2v) is 6.60. The highest BCUT2D eigenvalue weighted by atomic mass is 32.2. The van der Waals surface area contributed by atoms with Crippen LogP contribution in [0.4, 0.5) is 0 Å². The lowest BCUT2D eigenvalue weighted by molar-refractivity contribution is 0.0608. The van der Waals surface area contributed by atoms with Crippen LogP contribution in [0.15, 0.2) is 4.34 Å². The number of thioether (sulfide) groups is 1. The zero-order valence-corrected chi connectivity index (χ0v) is 11.6. The highest BCUT2D eigenvalue weighted by molar-refractivity contribution is 8.01. The van der Waals surface area contributed by atoms with E-state index in [-0.39, 0.29) is 11.8 Å². The van der Waals surface area contributed by atoms with Crippen LogP contribution in [-0.4, -0.2) is 31.9 Å². The van der Waals surface area contributed by atoms with Gasteiger partial charge >= 0.3 is 0 Å². The van der Waals surface area contributed by atoms with Gasteiger partial charge in [0.1, 0.15) is 5.82 Å². The van der Waals surface area contributed by atoms with Crippen molar-refractivity contribution in [2.75, 3.05) is 6.54 Å². The summed E-state index contributed by atoms with van der Waals surface area (Å²) in [6.07, 6.45) is 1.53. The summed E-state index contributed by atoms with van der Waals surface area (Å²) in [4.78, 5) is 4.38. The lowest BCUT2D eigenvalue weighted by Crippen LogP contribution is -2.36. The Kier molecular flexibility index (Phi) is 5.17. The van der Waals surface area contributed by atoms with Gasteiger partial charge in [0.2, 0.25) is 0 Å². The SMILES string of the molecule is CCc1nsc(SC(C)CC(C)(O)CN)n1. The Bertz CT molecular complexity index is 328. The van der Waals surface area contributed by atoms with E-state index in [1.165, 1.54) is 11.5 Å². The van der Waals surface area contributed by atoms with E-state index in [9.17, 15) is 5.11 Å². The molecule has 0 aliphatic rings. The second-order valence-electron chi connectivity index (χ2n) is 4.16. The van der Waals surface area contributed by atoms with Gasteiger partial charge in [0, 0.05) is 18.2 Å². The Morgan fingerprint density at radius 2 is 2.31 bits per heavy atom. The summed E-state index contributed by atoms with van der Waals surface area (Å²) in [7, 11) is 0. The molecular formula is C10H19N3OS2. The third-order valence-corrected chi connectivity index (χ3v) is 4.16. The Labute approximate surface area is 105 Å². The number of aliphatic hydroxyl groups is 1. The zero-order chi connectivity index (χ0) is 12.2. The average Bonchev–Trinajstić information content (AvgIpc) is 2.64. The van der Waals surface area contributed by atoms with Gasteiger partial charge in [-0.2, -0.15) is 4.37 Å². The molecule has 0 spiro atoms. The van der Waals surface area contributed by atoms with Crippen molar-refractivity contribution in [2.24, 2.45) is 5.73 Å². The van der Waals surface area contributed by atoms with Crippen molar-refractivity contribution in [3.05, 3.63) is 5.82 Å². The molecule has 1 aromatic heterocycles. The average molecular weight is 261 g/mol. The van der Waals surface area contributed by atoms with Crippen LogP contribution in [0.3, 0.4) is 0 Å². The molecule has 4 nitrogen and oxygen atoms in total. The maximum atomic E-state index is 9.85. The van der Waals surface area contributed by atoms with E-state index >= 15 is 0 Å². The summed E-state index contributed by atoms with van der Waals surface area (Å²) in [6.45, 7) is 6.16. The first-order chi connectivity index (χ1) is 7.46. The number of aryl methyl sites for hydroxylation is 1. The van der Waals surface area contributed by atoms with Gasteiger partial charge in [-0.1, -0.05) is 25.6 Å². The molecule has 0 fully saturated rings. The fourth-order valence-electron chi connectivity index (χ4n) is 1.35. The van der Waals surface area contributed by atoms with Crippen molar-refractivity contribution in [2.45, 2.75) is 48.8 Å². The molecule has 0 amide bonds. The minimum absolute atomic E-state index is 0.286. The zero-order valence-electron chi connectivity index (χ0n) is 9.93. The Balaban J connectivity index is 2.48. The van der Waals surface area contributed by atoms with Crippen LogP contribution >= 0.6 is 23.3 Å². The van der Waals surface area contributed by atoms with Crippen molar-refractivity contribution in [3.63, 3.8) is 0 Å². The van der Waals surface area contributed by atoms with Crippen LogP contribution in [-0.2, 0) is 6.42 Å². The molecule has 0 saturated heterocycles. The number of hydrogen-bond acceptors (Lipinski definition) is 6. The monoisotopic (exact) mass is 261 g/mol. The topological polar surface area (TPSA) is 72.0 Å². The number of rotatable bonds is 6. The summed E-state index contributed by atoms with van der Waals surface area (Å²) in [5, 5.41) is 10.1. The molecule has 2 atom stereocenters. The highest BCUT2D eigenvalue weighted by Crippen LogP contribution is 2.29. The van der Waals surface area contributed by atoms with Gasteiger partial charge in [-0.3, -0.25) is 0 Å². The maximum Gasteiger partial charge on any atom is 0.170 e. The smallest absolute Gasteiger partial charge is 0.170 e. The van der Waals surface area contributed by atoms with Crippen molar-refractivity contribution >= 4 is 23.3 Å². The molecule has 1 rings (SSSR count). The second kappa shape index (κ2) is 5.95. The molecule has 1 heterocycles. The molecule has 0 aromatic carbocycles. The number of aromatic nitrogens is 2. The van der Waals surface area contributed by atoms with Gasteiger partial charge in [0.25, 0.3) is 0 Å². The molecule has 3 N–H and O–H groups in total. The molecule has 1 aromatic rings. The number of hydrogen-bond donors (Lipinski definition) is 2. The molecule has 2 unspecified atom stereocenters. The third kappa shape index (κ3) is 4.37. The molecule has 0 radical (unpaired) electrons. The van der Waals surface area contributed by atoms with Gasteiger partial charge < -0.3 is 10.8 Å². The summed E-state index contributed by atoms with van der Waals surface area (Å²) in [5.74, 6) is 0.894. The number of nitrogens with two attached hydrogens (primary N) is 1. The van der Waals surface area contributed by atoms with E-state index in [0.29, 0.717) is 6.42 Å². The Morgan fingerprint density at radius 3 is 2.81 bits per heavy atom. The van der Waals surface area contributed by atoms with Crippen molar-refractivity contribution in [1.29, 1.82) is 0 Å². The van der Waals surface area contributed by atoms with E-state index in [0.717, 1.165) is 16.6 Å². The largest absolute Gasteiger partial charge is 0.389 e. The molecule has 0 aliphatic heterocycles. The van der Waals surface area contributed by atoms with Crippen LogP contribution in [0.5, 0.6) is 0 Å². The molecule has 92 valence electrons. The minimum Gasteiger partial charge on any atom is -0.389 e. The predicted molar refractivity (Wildman–Crippen MR) is 68.9 cm³/mol. The Morgan fingerprint density at radius 1 is 1.62 bits per heavy atom. The van der Waals surface area contributed by atoms with Crippen molar-refractivity contribution in [1.82, 2.24) is 9.36 Å². The van der Waals surface area contributed by atoms with Gasteiger partial charge in [-0.15, -0.1) is 0 Å². The summed E-state index contributed by atoms with van der Waals surface area (Å²) in [5.41, 5.74) is 4.70. The lowest BCUT2D eigenvalue weighted by Gasteiger charge is -2.23. The molecular weight excluding hydrogens is 242 g/mol. The number of nitrogens with zero attached hydrogens (tertiary/aromatic N) is 2. The van der Waals surface area contributed by atoms with Gasteiger partial charge in [0.05, 0.1) is 5.60 Å². The predicted octanol–water partition coefficient (Wildman–Crippen LogP) is 1.68. The standard InChI is InChI=1S/C10H19N3OS2/c1-4-8-12-9(16-13-8)15-7(2)5-10(3,14)6-11/h7,14H,4-6,11H2,1-3H3. The summed E-state index contributed by atoms with van der Waals surface area (Å²) >= 11 is 3.08. The van der Waals surface area contributed by atoms with E-state index in [2.05, 4.69) is 16.3 Å². The van der Waals surface area contributed by atoms with Gasteiger partial charge in [-0.25, -0.2) is 4.98 Å². The fraction of sp³-hybridized carbons (Fsp3) is 0.800. The minimum atomic E-state index is -0.787. The van der Waals surface area contributed by atoms with E-state index in [1.807, 2.05) is 6.92 Å². The fourth-order valence-corrected chi connectivity index (χ4v) is 3.57. The Hall–Kier alpha value is -0.170. The van der Waals surface area contributed by atoms with E-state index in [1.54, 1.807) is 18.7 Å². The quantitative estimate of drug-likeness (QED) is 0.762. The maximum absolute atomic E-state index is 9.85. The van der Waals surface area contributed by atoms with Crippen LogP contribution in [0.2, 0.25) is 0 Å². The third-order valence-electron chi connectivity index (χ3n) is 2.23. The first-order valence-corrected chi connectivity index (χ1v) is 7.04. The normalized spacial score (nSPS) is 17.1. The van der Waals surface area contributed by atoms with Gasteiger partial charge in [-0.05, 0) is 24.9 Å². The van der Waals surface area contributed by atoms with Crippen LogP contribution in [0, 0.1) is 0 Å². The summed E-state index contributed by atoms with van der Waals surface area (Å²) in [6, 6.07) is 0. The van der Waals surface area contributed by atoms with Crippen LogP contribution in [0.25, 0.3) is 0 Å². The lowest BCUT2D eigenvalue weighted by atomic mass is 10.0. The highest BCUT2D eigenvalue weighted by Gasteiger charge is 2.22. The van der Waals surface area contributed by atoms with Crippen LogP contribution in [0.1, 0.15) is 33.0 Å².